The van der Waals surface area contributed by atoms with Crippen molar-refractivity contribution in [1.29, 1.82) is 0 Å². The molecule has 0 spiro atoms. The van der Waals surface area contributed by atoms with E-state index in [2.05, 4.69) is 0 Å². The van der Waals surface area contributed by atoms with Crippen molar-refractivity contribution < 1.29 is 27.5 Å². The van der Waals surface area contributed by atoms with Crippen molar-refractivity contribution in [2.45, 2.75) is 50.5 Å². The number of rotatable bonds is 9. The number of carbonyl (C=O) groups excluding carboxylic acids is 2. The lowest BCUT2D eigenvalue weighted by molar-refractivity contribution is -0.144. The van der Waals surface area contributed by atoms with Crippen LogP contribution >= 0.6 is 0 Å². The predicted octanol–water partition coefficient (Wildman–Crippen LogP) is 2.32. The van der Waals surface area contributed by atoms with E-state index in [-0.39, 0.29) is 23.1 Å². The molecule has 1 aliphatic rings. The van der Waals surface area contributed by atoms with Crippen LogP contribution < -0.4 is 4.74 Å². The van der Waals surface area contributed by atoms with Gasteiger partial charge in [-0.25, -0.2) is 8.42 Å². The third-order valence-corrected chi connectivity index (χ3v) is 6.68. The Bertz CT molecular complexity index is 776. The van der Waals surface area contributed by atoms with Crippen LogP contribution in [0.2, 0.25) is 0 Å². The number of sulfonamides is 1. The fourth-order valence-corrected chi connectivity index (χ4v) is 4.88. The monoisotopic (exact) mass is 397 g/mol. The molecule has 2 atom stereocenters. The minimum absolute atomic E-state index is 0.0481. The Labute approximate surface area is 160 Å². The average molecular weight is 397 g/mol. The van der Waals surface area contributed by atoms with E-state index in [9.17, 15) is 18.0 Å². The molecule has 7 nitrogen and oxygen atoms in total. The molecule has 1 aromatic rings. The first-order chi connectivity index (χ1) is 12.8. The minimum atomic E-state index is -3.90. The van der Waals surface area contributed by atoms with E-state index in [0.717, 1.165) is 11.8 Å². The maximum absolute atomic E-state index is 13.2. The van der Waals surface area contributed by atoms with Crippen molar-refractivity contribution in [3.05, 3.63) is 23.8 Å². The summed E-state index contributed by atoms with van der Waals surface area (Å²) in [6.45, 7) is 4.37. The maximum atomic E-state index is 13.2. The molecule has 0 saturated carbocycles. The number of benzene rings is 1. The topological polar surface area (TPSA) is 90.0 Å². The van der Waals surface area contributed by atoms with Crippen molar-refractivity contribution in [2.75, 3.05) is 20.3 Å². The fourth-order valence-electron chi connectivity index (χ4n) is 3.12. The third kappa shape index (κ3) is 5.07. The Morgan fingerprint density at radius 3 is 2.81 bits per heavy atom. The first-order valence-electron chi connectivity index (χ1n) is 9.08. The summed E-state index contributed by atoms with van der Waals surface area (Å²) in [5.74, 6) is -0.119. The Hall–Kier alpha value is -1.93. The summed E-state index contributed by atoms with van der Waals surface area (Å²) in [5.41, 5.74) is 0.871. The molecule has 1 fully saturated rings. The fraction of sp³-hybridized carbons (Fsp3) is 0.579. The molecule has 0 amide bonds. The molecule has 2 rings (SSSR count). The first kappa shape index (κ1) is 21.4. The predicted molar refractivity (Wildman–Crippen MR) is 100 cm³/mol. The van der Waals surface area contributed by atoms with Crippen LogP contribution in [0, 0.1) is 12.8 Å². The summed E-state index contributed by atoms with van der Waals surface area (Å²) in [4.78, 5) is 22.6. The van der Waals surface area contributed by atoms with Crippen LogP contribution in [0.3, 0.4) is 0 Å². The Morgan fingerprint density at radius 2 is 2.15 bits per heavy atom. The molecular formula is C19H27NO6S. The van der Waals surface area contributed by atoms with Crippen molar-refractivity contribution in [1.82, 2.24) is 4.31 Å². The van der Waals surface area contributed by atoms with E-state index in [0.29, 0.717) is 32.3 Å². The van der Waals surface area contributed by atoms with Gasteiger partial charge in [-0.15, -0.1) is 0 Å². The second kappa shape index (κ2) is 9.32. The molecule has 0 N–H and O–H groups in total. The summed E-state index contributed by atoms with van der Waals surface area (Å²) in [5, 5.41) is 0. The zero-order chi connectivity index (χ0) is 20.0. The Morgan fingerprint density at radius 1 is 1.41 bits per heavy atom. The summed E-state index contributed by atoms with van der Waals surface area (Å²) in [6, 6.07) is 4.10. The lowest BCUT2D eigenvalue weighted by Crippen LogP contribution is -2.41. The Balaban J connectivity index is 2.25. The van der Waals surface area contributed by atoms with Crippen LogP contribution in [-0.4, -0.2) is 51.3 Å². The minimum Gasteiger partial charge on any atom is -0.492 e. The van der Waals surface area contributed by atoms with Crippen LogP contribution in [0.15, 0.2) is 23.1 Å². The number of hydrogen-bond donors (Lipinski definition) is 0. The van der Waals surface area contributed by atoms with E-state index in [1.165, 1.54) is 17.5 Å². The number of nitrogens with zero attached hydrogens (tertiary/aromatic N) is 1. The smallest absolute Gasteiger partial charge is 0.324 e. The normalized spacial score (nSPS) is 18.9. The van der Waals surface area contributed by atoms with Crippen LogP contribution in [0.25, 0.3) is 0 Å². The van der Waals surface area contributed by atoms with Gasteiger partial charge in [-0.1, -0.05) is 13.0 Å². The second-order valence-electron chi connectivity index (χ2n) is 6.89. The highest BCUT2D eigenvalue weighted by Gasteiger charge is 2.41. The number of esters is 1. The van der Waals surface area contributed by atoms with Gasteiger partial charge in [0.1, 0.15) is 23.0 Å². The number of methoxy groups -OCH3 is 1. The van der Waals surface area contributed by atoms with E-state index in [1.807, 2.05) is 13.8 Å². The quantitative estimate of drug-likeness (QED) is 0.469. The number of aryl methyl sites for hydroxylation is 1. The van der Waals surface area contributed by atoms with Gasteiger partial charge in [0.05, 0.1) is 13.7 Å². The van der Waals surface area contributed by atoms with Crippen LogP contribution in [0.1, 0.15) is 38.2 Å². The van der Waals surface area contributed by atoms with Crippen molar-refractivity contribution in [3.8, 4) is 5.75 Å². The van der Waals surface area contributed by atoms with Gasteiger partial charge in [0, 0.05) is 13.0 Å². The first-order valence-corrected chi connectivity index (χ1v) is 10.5. The molecule has 0 unspecified atom stereocenters. The van der Waals surface area contributed by atoms with Gasteiger partial charge < -0.3 is 14.3 Å². The summed E-state index contributed by atoms with van der Waals surface area (Å²) in [6.07, 6.45) is 2.99. The van der Waals surface area contributed by atoms with Gasteiger partial charge in [0.2, 0.25) is 10.0 Å². The molecule has 0 aromatic heterocycles. The molecule has 1 heterocycles. The zero-order valence-corrected chi connectivity index (χ0v) is 16.8. The lowest BCUT2D eigenvalue weighted by atomic mass is 10.1. The highest BCUT2D eigenvalue weighted by molar-refractivity contribution is 7.89. The van der Waals surface area contributed by atoms with Gasteiger partial charge in [0.25, 0.3) is 0 Å². The standard InChI is InChI=1S/C19H27NO6S/c1-14(8-11-21)9-12-26-17-13-15(2)6-7-18(17)27(23,24)20-10-4-5-16(20)19(22)25-3/h6-7,11,13-14,16H,4-5,8-10,12H2,1-3H3/t14-,16+/m1/s1. The van der Waals surface area contributed by atoms with Gasteiger partial charge in [-0.2, -0.15) is 4.31 Å². The van der Waals surface area contributed by atoms with Gasteiger partial charge >= 0.3 is 5.97 Å². The summed E-state index contributed by atoms with van der Waals surface area (Å²) in [7, 11) is -2.64. The highest BCUT2D eigenvalue weighted by Crippen LogP contribution is 2.33. The summed E-state index contributed by atoms with van der Waals surface area (Å²) < 4.78 is 38.1. The molecule has 150 valence electrons. The number of ether oxygens (including phenoxy) is 2. The van der Waals surface area contributed by atoms with Crippen molar-refractivity contribution in [3.63, 3.8) is 0 Å². The van der Waals surface area contributed by atoms with Gasteiger partial charge in [-0.05, 0) is 49.8 Å². The van der Waals surface area contributed by atoms with Crippen LogP contribution in [0.5, 0.6) is 5.75 Å². The summed E-state index contributed by atoms with van der Waals surface area (Å²) >= 11 is 0. The average Bonchev–Trinajstić information content (AvgIpc) is 3.12. The number of carbonyl (C=O) groups is 2. The zero-order valence-electron chi connectivity index (χ0n) is 16.0. The number of aldehydes is 1. The van der Waals surface area contributed by atoms with Crippen molar-refractivity contribution >= 4 is 22.3 Å². The molecular weight excluding hydrogens is 370 g/mol. The second-order valence-corrected chi connectivity index (χ2v) is 8.75. The molecule has 0 bridgehead atoms. The molecule has 1 aliphatic heterocycles. The highest BCUT2D eigenvalue weighted by atomic mass is 32.2. The number of hydrogen-bond acceptors (Lipinski definition) is 6. The molecule has 1 saturated heterocycles. The third-order valence-electron chi connectivity index (χ3n) is 4.73. The van der Waals surface area contributed by atoms with Gasteiger partial charge in [-0.3, -0.25) is 4.79 Å². The molecule has 8 heteroatoms. The maximum Gasteiger partial charge on any atom is 0.324 e. The largest absolute Gasteiger partial charge is 0.492 e. The lowest BCUT2D eigenvalue weighted by Gasteiger charge is -2.23. The van der Waals surface area contributed by atoms with Crippen LogP contribution in [0.4, 0.5) is 0 Å². The van der Waals surface area contributed by atoms with E-state index in [1.54, 1.807) is 12.1 Å². The van der Waals surface area contributed by atoms with E-state index < -0.39 is 22.0 Å². The molecule has 0 aliphatic carbocycles. The molecule has 0 radical (unpaired) electrons. The Kier molecular flexibility index (Phi) is 7.38. The molecule has 1 aromatic carbocycles. The van der Waals surface area contributed by atoms with Gasteiger partial charge in [0.15, 0.2) is 0 Å². The molecule has 27 heavy (non-hydrogen) atoms. The van der Waals surface area contributed by atoms with E-state index in [4.69, 9.17) is 9.47 Å². The van der Waals surface area contributed by atoms with Crippen LogP contribution in [-0.2, 0) is 24.3 Å². The van der Waals surface area contributed by atoms with E-state index >= 15 is 0 Å². The van der Waals surface area contributed by atoms with Crippen molar-refractivity contribution in [2.24, 2.45) is 5.92 Å². The SMILES string of the molecule is COC(=O)[C@@H]1CCCN1S(=O)(=O)c1ccc(C)cc1OCC[C@H](C)CC=O.